The van der Waals surface area contributed by atoms with E-state index in [1.54, 1.807) is 31.3 Å². The van der Waals surface area contributed by atoms with Crippen molar-refractivity contribution in [1.29, 1.82) is 0 Å². The molecule has 0 amide bonds. The van der Waals surface area contributed by atoms with Crippen LogP contribution in [0.15, 0.2) is 42.6 Å². The number of hydrogen-bond acceptors (Lipinski definition) is 6. The molecule has 0 spiro atoms. The molecule has 2 aromatic rings. The fourth-order valence-electron chi connectivity index (χ4n) is 2.60. The lowest BCUT2D eigenvalue weighted by Gasteiger charge is -2.15. The number of carbonyl (C=O) groups is 2. The predicted molar refractivity (Wildman–Crippen MR) is 106 cm³/mol. The smallest absolute Gasteiger partial charge is 0.335 e. The first-order valence-electron chi connectivity index (χ1n) is 9.55. The number of rotatable bonds is 11. The van der Waals surface area contributed by atoms with E-state index in [0.29, 0.717) is 31.1 Å². The molecule has 150 valence electrons. The Hall–Kier alpha value is -2.73. The van der Waals surface area contributed by atoms with Crippen molar-refractivity contribution in [2.45, 2.75) is 39.7 Å². The van der Waals surface area contributed by atoms with E-state index >= 15 is 0 Å². The predicted octanol–water partition coefficient (Wildman–Crippen LogP) is 3.42. The Morgan fingerprint density at radius 3 is 2.25 bits per heavy atom. The molecule has 0 saturated carbocycles. The summed E-state index contributed by atoms with van der Waals surface area (Å²) in [5.41, 5.74) is 2.39. The van der Waals surface area contributed by atoms with Gasteiger partial charge in [0.1, 0.15) is 11.4 Å². The summed E-state index contributed by atoms with van der Waals surface area (Å²) >= 11 is 0. The first-order valence-corrected chi connectivity index (χ1v) is 9.55. The third kappa shape index (κ3) is 6.46. The van der Waals surface area contributed by atoms with Gasteiger partial charge in [0.2, 0.25) is 5.78 Å². The van der Waals surface area contributed by atoms with Crippen LogP contribution in [0.25, 0.3) is 0 Å². The van der Waals surface area contributed by atoms with Crippen molar-refractivity contribution in [3.05, 3.63) is 59.4 Å². The van der Waals surface area contributed by atoms with E-state index in [-0.39, 0.29) is 18.4 Å². The van der Waals surface area contributed by atoms with E-state index < -0.39 is 6.10 Å². The largest absolute Gasteiger partial charge is 0.485 e. The number of benzene rings is 1. The highest BCUT2D eigenvalue weighted by Gasteiger charge is 2.20. The maximum Gasteiger partial charge on any atom is 0.335 e. The first-order chi connectivity index (χ1) is 13.6. The second kappa shape index (κ2) is 11.2. The molecule has 0 radical (unpaired) electrons. The lowest BCUT2D eigenvalue weighted by molar-refractivity contribution is -0.156. The van der Waals surface area contributed by atoms with Gasteiger partial charge in [-0.15, -0.1) is 0 Å². The molecule has 1 aromatic heterocycles. The van der Waals surface area contributed by atoms with Gasteiger partial charge in [0.15, 0.2) is 12.7 Å². The van der Waals surface area contributed by atoms with Gasteiger partial charge in [-0.05, 0) is 49.6 Å². The Bertz CT molecular complexity index is 756. The van der Waals surface area contributed by atoms with Gasteiger partial charge in [0, 0.05) is 19.2 Å². The fourth-order valence-corrected chi connectivity index (χ4v) is 2.60. The van der Waals surface area contributed by atoms with Crippen molar-refractivity contribution < 1.29 is 23.8 Å². The third-order valence-electron chi connectivity index (χ3n) is 4.15. The fraction of sp³-hybridized carbons (Fsp3) is 0.409. The number of aromatic nitrogens is 1. The Kier molecular flexibility index (Phi) is 8.62. The van der Waals surface area contributed by atoms with E-state index in [9.17, 15) is 9.59 Å². The third-order valence-corrected chi connectivity index (χ3v) is 4.15. The number of nitrogens with zero attached hydrogens (tertiary/aromatic N) is 1. The SMILES string of the molecule is CCOC(=O)[C@H](Cc1ccc(OCC(=O)c2ccc(CC)cn2)cc1)OCC. The number of ketones is 1. The van der Waals surface area contributed by atoms with Crippen LogP contribution >= 0.6 is 0 Å². The lowest BCUT2D eigenvalue weighted by atomic mass is 10.1. The number of pyridine rings is 1. The molecular formula is C22H27NO5. The van der Waals surface area contributed by atoms with Gasteiger partial charge in [-0.2, -0.15) is 0 Å². The highest BCUT2D eigenvalue weighted by Crippen LogP contribution is 2.15. The summed E-state index contributed by atoms with van der Waals surface area (Å²) in [5, 5.41) is 0. The Morgan fingerprint density at radius 2 is 1.68 bits per heavy atom. The second-order valence-electron chi connectivity index (χ2n) is 6.16. The van der Waals surface area contributed by atoms with Gasteiger partial charge in [-0.3, -0.25) is 9.78 Å². The summed E-state index contributed by atoms with van der Waals surface area (Å²) in [4.78, 5) is 28.3. The van der Waals surface area contributed by atoms with E-state index in [4.69, 9.17) is 14.2 Å². The number of carbonyl (C=O) groups excluding carboxylic acids is 2. The summed E-state index contributed by atoms with van der Waals surface area (Å²) < 4.78 is 16.1. The molecule has 28 heavy (non-hydrogen) atoms. The Morgan fingerprint density at radius 1 is 0.964 bits per heavy atom. The zero-order chi connectivity index (χ0) is 20.4. The Balaban J connectivity index is 1.90. The average molecular weight is 385 g/mol. The molecule has 1 heterocycles. The van der Waals surface area contributed by atoms with Gasteiger partial charge in [0.05, 0.1) is 6.61 Å². The minimum Gasteiger partial charge on any atom is -0.485 e. The van der Waals surface area contributed by atoms with Gasteiger partial charge in [0.25, 0.3) is 0 Å². The first kappa shape index (κ1) is 21.6. The van der Waals surface area contributed by atoms with Gasteiger partial charge >= 0.3 is 5.97 Å². The summed E-state index contributed by atoms with van der Waals surface area (Å²) in [6.07, 6.45) is 2.38. The number of aryl methyl sites for hydroxylation is 1. The van der Waals surface area contributed by atoms with Crippen molar-refractivity contribution in [2.75, 3.05) is 19.8 Å². The van der Waals surface area contributed by atoms with E-state index in [1.807, 2.05) is 32.0 Å². The van der Waals surface area contributed by atoms with Crippen LogP contribution in [0.5, 0.6) is 5.75 Å². The van der Waals surface area contributed by atoms with E-state index in [0.717, 1.165) is 17.5 Å². The van der Waals surface area contributed by atoms with Crippen LogP contribution in [-0.2, 0) is 27.1 Å². The summed E-state index contributed by atoms with van der Waals surface area (Å²) in [7, 11) is 0. The molecule has 0 unspecified atom stereocenters. The van der Waals surface area contributed by atoms with Gasteiger partial charge in [-0.1, -0.05) is 25.1 Å². The minimum absolute atomic E-state index is 0.0811. The number of hydrogen-bond donors (Lipinski definition) is 0. The molecule has 0 aliphatic rings. The van der Waals surface area contributed by atoms with Crippen molar-refractivity contribution in [1.82, 2.24) is 4.98 Å². The zero-order valence-electron chi connectivity index (χ0n) is 16.6. The van der Waals surface area contributed by atoms with Crippen molar-refractivity contribution in [3.63, 3.8) is 0 Å². The van der Waals surface area contributed by atoms with E-state index in [2.05, 4.69) is 4.98 Å². The zero-order valence-corrected chi connectivity index (χ0v) is 16.6. The van der Waals surface area contributed by atoms with Crippen molar-refractivity contribution >= 4 is 11.8 Å². The molecule has 1 atom stereocenters. The van der Waals surface area contributed by atoms with Gasteiger partial charge < -0.3 is 14.2 Å². The second-order valence-corrected chi connectivity index (χ2v) is 6.16. The molecular weight excluding hydrogens is 358 g/mol. The van der Waals surface area contributed by atoms with Crippen LogP contribution in [0.1, 0.15) is 42.4 Å². The van der Waals surface area contributed by atoms with Gasteiger partial charge in [-0.25, -0.2) is 4.79 Å². The molecule has 6 heteroatoms. The van der Waals surface area contributed by atoms with Crippen molar-refractivity contribution in [2.24, 2.45) is 0 Å². The van der Waals surface area contributed by atoms with Crippen molar-refractivity contribution in [3.8, 4) is 5.75 Å². The molecule has 0 fully saturated rings. The molecule has 1 aromatic carbocycles. The average Bonchev–Trinajstić information content (AvgIpc) is 2.73. The molecule has 2 rings (SSSR count). The van der Waals surface area contributed by atoms with Crippen LogP contribution in [0.2, 0.25) is 0 Å². The molecule has 0 aliphatic carbocycles. The summed E-state index contributed by atoms with van der Waals surface area (Å²) in [6, 6.07) is 10.8. The quantitative estimate of drug-likeness (QED) is 0.436. The number of ether oxygens (including phenoxy) is 3. The number of Topliss-reactive ketones (excluding diaryl/α,β-unsaturated/α-hetero) is 1. The summed E-state index contributed by atoms with van der Waals surface area (Å²) in [5.74, 6) is 0.0358. The molecule has 0 N–H and O–H groups in total. The van der Waals surface area contributed by atoms with Crippen LogP contribution in [0, 0.1) is 0 Å². The minimum atomic E-state index is -0.629. The van der Waals surface area contributed by atoms with E-state index in [1.165, 1.54) is 0 Å². The molecule has 0 saturated heterocycles. The van der Waals surface area contributed by atoms with Crippen LogP contribution in [-0.4, -0.2) is 42.7 Å². The van der Waals surface area contributed by atoms with Crippen LogP contribution in [0.4, 0.5) is 0 Å². The monoisotopic (exact) mass is 385 g/mol. The maximum absolute atomic E-state index is 12.2. The summed E-state index contributed by atoms with van der Waals surface area (Å²) in [6.45, 7) is 6.31. The Labute approximate surface area is 165 Å². The normalized spacial score (nSPS) is 11.7. The lowest BCUT2D eigenvalue weighted by Crippen LogP contribution is -2.28. The topological polar surface area (TPSA) is 74.7 Å². The molecule has 6 nitrogen and oxygen atoms in total. The molecule has 0 aliphatic heterocycles. The standard InChI is InChI=1S/C22H27NO5/c1-4-16-9-12-19(23-14-16)20(24)15-28-18-10-7-17(8-11-18)13-21(26-5-2)22(25)27-6-3/h7-12,14,21H,4-6,13,15H2,1-3H3/t21-/m0/s1. The molecule has 0 bridgehead atoms. The number of esters is 1. The van der Waals surface area contributed by atoms with Crippen LogP contribution < -0.4 is 4.74 Å². The maximum atomic E-state index is 12.2. The highest BCUT2D eigenvalue weighted by molar-refractivity contribution is 5.95. The van der Waals surface area contributed by atoms with Crippen LogP contribution in [0.3, 0.4) is 0 Å². The highest BCUT2D eigenvalue weighted by atomic mass is 16.6.